The van der Waals surface area contributed by atoms with Gasteiger partial charge in [0.25, 0.3) is 0 Å². The van der Waals surface area contributed by atoms with E-state index in [9.17, 15) is 9.59 Å². The highest BCUT2D eigenvalue weighted by Crippen LogP contribution is 2.18. The number of hydrogen-bond donors (Lipinski definition) is 1. The number of esters is 1. The predicted molar refractivity (Wildman–Crippen MR) is 104 cm³/mol. The van der Waals surface area contributed by atoms with Crippen LogP contribution in [-0.2, 0) is 20.7 Å². The van der Waals surface area contributed by atoms with E-state index in [1.165, 1.54) is 0 Å². The second-order valence-electron chi connectivity index (χ2n) is 7.38. The Balaban J connectivity index is 2.10. The average Bonchev–Trinajstić information content (AvgIpc) is 2.61. The summed E-state index contributed by atoms with van der Waals surface area (Å²) in [5.74, 6) is -0.499. The minimum Gasteiger partial charge on any atom is -0.456 e. The van der Waals surface area contributed by atoms with Crippen molar-refractivity contribution in [2.75, 3.05) is 0 Å². The monoisotopic (exact) mass is 369 g/mol. The SMILES string of the molecule is CC(OC(=O)[C@H](Cc1ccccc1)NC(=O)OC(C)(C)C)c1ccccc1. The number of amides is 1. The summed E-state index contributed by atoms with van der Waals surface area (Å²) in [6.45, 7) is 7.12. The Morgan fingerprint density at radius 3 is 2.07 bits per heavy atom. The van der Waals surface area contributed by atoms with E-state index in [-0.39, 0.29) is 0 Å². The third-order valence-electron chi connectivity index (χ3n) is 3.82. The summed E-state index contributed by atoms with van der Waals surface area (Å²) in [6, 6.07) is 18.1. The highest BCUT2D eigenvalue weighted by Gasteiger charge is 2.27. The van der Waals surface area contributed by atoms with Crippen LogP contribution >= 0.6 is 0 Å². The number of carbonyl (C=O) groups is 2. The summed E-state index contributed by atoms with van der Waals surface area (Å²) in [7, 11) is 0. The van der Waals surface area contributed by atoms with Gasteiger partial charge in [-0.3, -0.25) is 0 Å². The zero-order valence-corrected chi connectivity index (χ0v) is 16.3. The summed E-state index contributed by atoms with van der Waals surface area (Å²) in [4.78, 5) is 24.9. The van der Waals surface area contributed by atoms with E-state index < -0.39 is 29.8 Å². The smallest absolute Gasteiger partial charge is 0.408 e. The van der Waals surface area contributed by atoms with Crippen LogP contribution in [0.25, 0.3) is 0 Å². The molecule has 5 heteroatoms. The Bertz CT molecular complexity index is 738. The first kappa shape index (κ1) is 20.5. The van der Waals surface area contributed by atoms with Crippen molar-refractivity contribution in [1.82, 2.24) is 5.32 Å². The van der Waals surface area contributed by atoms with Crippen LogP contribution in [0.4, 0.5) is 4.79 Å². The fourth-order valence-corrected chi connectivity index (χ4v) is 2.54. The molecule has 0 radical (unpaired) electrons. The lowest BCUT2D eigenvalue weighted by Crippen LogP contribution is -2.45. The minimum absolute atomic E-state index is 0.320. The molecule has 144 valence electrons. The van der Waals surface area contributed by atoms with E-state index in [2.05, 4.69) is 5.32 Å². The Kier molecular flexibility index (Phi) is 6.99. The summed E-state index contributed by atoms with van der Waals surface area (Å²) in [5.41, 5.74) is 1.16. The molecule has 27 heavy (non-hydrogen) atoms. The molecule has 0 heterocycles. The number of carbonyl (C=O) groups excluding carboxylic acids is 2. The van der Waals surface area contributed by atoms with Gasteiger partial charge in [0.2, 0.25) is 0 Å². The molecule has 1 amide bonds. The molecule has 2 atom stereocenters. The second kappa shape index (κ2) is 9.21. The Morgan fingerprint density at radius 1 is 0.963 bits per heavy atom. The molecule has 1 N–H and O–H groups in total. The van der Waals surface area contributed by atoms with Crippen LogP contribution in [-0.4, -0.2) is 23.7 Å². The van der Waals surface area contributed by atoms with Crippen LogP contribution < -0.4 is 5.32 Å². The molecule has 0 aliphatic carbocycles. The van der Waals surface area contributed by atoms with Crippen LogP contribution in [0.1, 0.15) is 44.9 Å². The first-order valence-corrected chi connectivity index (χ1v) is 9.03. The molecule has 2 aromatic carbocycles. The van der Waals surface area contributed by atoms with Gasteiger partial charge in [-0.05, 0) is 38.8 Å². The van der Waals surface area contributed by atoms with Crippen molar-refractivity contribution in [2.24, 2.45) is 0 Å². The van der Waals surface area contributed by atoms with Crippen LogP contribution in [0, 0.1) is 0 Å². The number of nitrogens with one attached hydrogen (secondary N) is 1. The maximum atomic E-state index is 12.7. The minimum atomic E-state index is -0.839. The van der Waals surface area contributed by atoms with Gasteiger partial charge in [-0.15, -0.1) is 0 Å². The molecule has 0 aliphatic rings. The maximum absolute atomic E-state index is 12.7. The van der Waals surface area contributed by atoms with E-state index in [4.69, 9.17) is 9.47 Å². The molecule has 0 fully saturated rings. The highest BCUT2D eigenvalue weighted by molar-refractivity contribution is 5.82. The molecule has 2 aromatic rings. The van der Waals surface area contributed by atoms with Crippen molar-refractivity contribution >= 4 is 12.1 Å². The van der Waals surface area contributed by atoms with E-state index in [1.54, 1.807) is 27.7 Å². The number of ether oxygens (including phenoxy) is 2. The van der Waals surface area contributed by atoms with Crippen LogP contribution in [0.15, 0.2) is 60.7 Å². The molecule has 0 aliphatic heterocycles. The summed E-state index contributed by atoms with van der Waals surface area (Å²) < 4.78 is 10.9. The fraction of sp³-hybridized carbons (Fsp3) is 0.364. The Morgan fingerprint density at radius 2 is 1.52 bits per heavy atom. The Hall–Kier alpha value is -2.82. The van der Waals surface area contributed by atoms with Crippen molar-refractivity contribution in [1.29, 1.82) is 0 Å². The lowest BCUT2D eigenvalue weighted by Gasteiger charge is -2.24. The van der Waals surface area contributed by atoms with Gasteiger partial charge >= 0.3 is 12.1 Å². The van der Waals surface area contributed by atoms with E-state index in [0.717, 1.165) is 11.1 Å². The van der Waals surface area contributed by atoms with Gasteiger partial charge in [0, 0.05) is 6.42 Å². The molecular weight excluding hydrogens is 342 g/mol. The van der Waals surface area contributed by atoms with Crippen LogP contribution in [0.5, 0.6) is 0 Å². The number of benzene rings is 2. The van der Waals surface area contributed by atoms with Crippen molar-refractivity contribution in [3.05, 3.63) is 71.8 Å². The first-order chi connectivity index (χ1) is 12.7. The number of alkyl carbamates (subject to hydrolysis) is 1. The maximum Gasteiger partial charge on any atom is 0.408 e. The molecule has 0 saturated carbocycles. The molecule has 0 spiro atoms. The zero-order valence-electron chi connectivity index (χ0n) is 16.3. The molecule has 5 nitrogen and oxygen atoms in total. The summed E-state index contributed by atoms with van der Waals surface area (Å²) in [5, 5.41) is 2.64. The third-order valence-corrected chi connectivity index (χ3v) is 3.82. The quantitative estimate of drug-likeness (QED) is 0.765. The highest BCUT2D eigenvalue weighted by atomic mass is 16.6. The van der Waals surface area contributed by atoms with Crippen LogP contribution in [0.2, 0.25) is 0 Å². The lowest BCUT2D eigenvalue weighted by atomic mass is 10.1. The lowest BCUT2D eigenvalue weighted by molar-refractivity contribution is -0.151. The van der Waals surface area contributed by atoms with E-state index >= 15 is 0 Å². The predicted octanol–water partition coefficient (Wildman–Crippen LogP) is 4.43. The Labute approximate surface area is 160 Å². The van der Waals surface area contributed by atoms with Crippen molar-refractivity contribution < 1.29 is 19.1 Å². The molecular formula is C22H27NO4. The number of hydrogen-bond acceptors (Lipinski definition) is 4. The second-order valence-corrected chi connectivity index (χ2v) is 7.38. The van der Waals surface area contributed by atoms with Gasteiger partial charge in [0.05, 0.1) is 0 Å². The van der Waals surface area contributed by atoms with Gasteiger partial charge in [0.1, 0.15) is 17.7 Å². The zero-order chi connectivity index (χ0) is 19.9. The van der Waals surface area contributed by atoms with E-state index in [0.29, 0.717) is 6.42 Å². The van der Waals surface area contributed by atoms with Crippen molar-refractivity contribution in [3.8, 4) is 0 Å². The van der Waals surface area contributed by atoms with Crippen molar-refractivity contribution in [2.45, 2.75) is 51.9 Å². The third kappa shape index (κ3) is 7.13. The summed E-state index contributed by atoms with van der Waals surface area (Å²) >= 11 is 0. The molecule has 0 bridgehead atoms. The normalized spacial score (nSPS) is 13.3. The van der Waals surface area contributed by atoms with Gasteiger partial charge in [-0.25, -0.2) is 9.59 Å². The van der Waals surface area contributed by atoms with E-state index in [1.807, 2.05) is 60.7 Å². The summed E-state index contributed by atoms with van der Waals surface area (Å²) in [6.07, 6.45) is -0.745. The largest absolute Gasteiger partial charge is 0.456 e. The first-order valence-electron chi connectivity index (χ1n) is 9.03. The molecule has 0 saturated heterocycles. The topological polar surface area (TPSA) is 64.6 Å². The average molecular weight is 369 g/mol. The fourth-order valence-electron chi connectivity index (χ4n) is 2.54. The molecule has 1 unspecified atom stereocenters. The molecule has 0 aromatic heterocycles. The van der Waals surface area contributed by atoms with Crippen LogP contribution in [0.3, 0.4) is 0 Å². The van der Waals surface area contributed by atoms with Gasteiger partial charge < -0.3 is 14.8 Å². The van der Waals surface area contributed by atoms with Gasteiger partial charge in [0.15, 0.2) is 0 Å². The number of rotatable bonds is 6. The van der Waals surface area contributed by atoms with Gasteiger partial charge in [-0.1, -0.05) is 60.7 Å². The van der Waals surface area contributed by atoms with Crippen molar-refractivity contribution in [3.63, 3.8) is 0 Å². The van der Waals surface area contributed by atoms with Gasteiger partial charge in [-0.2, -0.15) is 0 Å². The standard InChI is InChI=1S/C22H27NO4/c1-16(18-13-9-6-10-14-18)26-20(24)19(15-17-11-7-5-8-12-17)23-21(25)27-22(2,3)4/h5-14,16,19H,15H2,1-4H3,(H,23,25)/t16?,19-/m0/s1. The molecule has 2 rings (SSSR count).